The SMILES string of the molecule is CO[C@H]1CCCC[C@@H]1NC(=O)c1ccc(-n2c(O)c3c(c2O)[C@H]2C=C[C@@H]3C2)cc1. The van der Waals surface area contributed by atoms with Crippen LogP contribution >= 0.6 is 0 Å². The van der Waals surface area contributed by atoms with E-state index in [1.807, 2.05) is 0 Å². The van der Waals surface area contributed by atoms with E-state index >= 15 is 0 Å². The van der Waals surface area contributed by atoms with Crippen molar-refractivity contribution in [1.29, 1.82) is 0 Å². The summed E-state index contributed by atoms with van der Waals surface area (Å²) in [7, 11) is 1.69. The minimum atomic E-state index is -0.129. The van der Waals surface area contributed by atoms with Crippen molar-refractivity contribution in [3.63, 3.8) is 0 Å². The number of fused-ring (bicyclic) bond motifs is 5. The van der Waals surface area contributed by atoms with E-state index in [0.29, 0.717) is 11.3 Å². The van der Waals surface area contributed by atoms with Gasteiger partial charge in [-0.2, -0.15) is 0 Å². The van der Waals surface area contributed by atoms with Gasteiger partial charge in [-0.15, -0.1) is 0 Å². The van der Waals surface area contributed by atoms with Crippen molar-refractivity contribution in [3.05, 3.63) is 53.1 Å². The highest BCUT2D eigenvalue weighted by molar-refractivity contribution is 5.94. The van der Waals surface area contributed by atoms with Crippen LogP contribution in [0.15, 0.2) is 36.4 Å². The van der Waals surface area contributed by atoms with Crippen LogP contribution in [0.5, 0.6) is 11.8 Å². The molecular weight excluding hydrogens is 368 g/mol. The molecule has 1 amide bonds. The summed E-state index contributed by atoms with van der Waals surface area (Å²) in [5, 5.41) is 24.6. The number of aromatic hydroxyl groups is 2. The molecule has 1 saturated carbocycles. The first-order valence-electron chi connectivity index (χ1n) is 10.4. The first-order chi connectivity index (χ1) is 14.1. The molecule has 29 heavy (non-hydrogen) atoms. The highest BCUT2D eigenvalue weighted by Crippen LogP contribution is 2.57. The van der Waals surface area contributed by atoms with Gasteiger partial charge in [0.15, 0.2) is 0 Å². The summed E-state index contributed by atoms with van der Waals surface area (Å²) in [6.07, 6.45) is 9.30. The molecule has 6 heteroatoms. The monoisotopic (exact) mass is 394 g/mol. The Morgan fingerprint density at radius 2 is 1.66 bits per heavy atom. The van der Waals surface area contributed by atoms with Crippen molar-refractivity contribution in [2.45, 2.75) is 56.1 Å². The van der Waals surface area contributed by atoms with Crippen LogP contribution < -0.4 is 5.32 Å². The van der Waals surface area contributed by atoms with Crippen LogP contribution in [0.2, 0.25) is 0 Å². The molecule has 0 spiro atoms. The molecule has 5 rings (SSSR count). The van der Waals surface area contributed by atoms with Gasteiger partial charge in [0.25, 0.3) is 5.91 Å². The minimum absolute atomic E-state index is 0.0319. The van der Waals surface area contributed by atoms with Crippen molar-refractivity contribution < 1.29 is 19.7 Å². The fourth-order valence-corrected chi connectivity index (χ4v) is 5.24. The van der Waals surface area contributed by atoms with Gasteiger partial charge in [0.2, 0.25) is 11.8 Å². The van der Waals surface area contributed by atoms with E-state index in [-0.39, 0.29) is 41.6 Å². The molecule has 1 fully saturated rings. The lowest BCUT2D eigenvalue weighted by Crippen LogP contribution is -2.45. The summed E-state index contributed by atoms with van der Waals surface area (Å²) < 4.78 is 6.99. The van der Waals surface area contributed by atoms with Gasteiger partial charge >= 0.3 is 0 Å². The highest BCUT2D eigenvalue weighted by Gasteiger charge is 2.41. The third kappa shape index (κ3) is 2.85. The molecule has 2 bridgehead atoms. The van der Waals surface area contributed by atoms with Gasteiger partial charge in [0.05, 0.1) is 17.8 Å². The second-order valence-corrected chi connectivity index (χ2v) is 8.33. The molecule has 1 aromatic heterocycles. The number of nitrogens with one attached hydrogen (secondary N) is 1. The largest absolute Gasteiger partial charge is 0.494 e. The van der Waals surface area contributed by atoms with Crippen LogP contribution in [0.1, 0.15) is 65.4 Å². The number of methoxy groups -OCH3 is 1. The van der Waals surface area contributed by atoms with E-state index < -0.39 is 0 Å². The number of nitrogens with zero attached hydrogens (tertiary/aromatic N) is 1. The number of allylic oxidation sites excluding steroid dienone is 2. The smallest absolute Gasteiger partial charge is 0.251 e. The number of hydrogen-bond donors (Lipinski definition) is 3. The van der Waals surface area contributed by atoms with E-state index in [9.17, 15) is 15.0 Å². The van der Waals surface area contributed by atoms with Crippen LogP contribution in [0.25, 0.3) is 5.69 Å². The zero-order chi connectivity index (χ0) is 20.1. The average molecular weight is 394 g/mol. The Hall–Kier alpha value is -2.73. The summed E-state index contributed by atoms with van der Waals surface area (Å²) in [5.74, 6) is 0.414. The molecule has 3 aliphatic rings. The second kappa shape index (κ2) is 6.95. The summed E-state index contributed by atoms with van der Waals surface area (Å²) in [5.41, 5.74) is 2.85. The fraction of sp³-hybridized carbons (Fsp3) is 0.435. The van der Waals surface area contributed by atoms with E-state index in [0.717, 1.165) is 43.2 Å². The van der Waals surface area contributed by atoms with Crippen LogP contribution in [0, 0.1) is 0 Å². The Morgan fingerprint density at radius 3 is 2.28 bits per heavy atom. The number of carbonyl (C=O) groups excluding carboxylic acids is 1. The van der Waals surface area contributed by atoms with E-state index in [2.05, 4.69) is 17.5 Å². The molecular formula is C23H26N2O4. The van der Waals surface area contributed by atoms with Crippen molar-refractivity contribution in [3.8, 4) is 17.4 Å². The van der Waals surface area contributed by atoms with Crippen LogP contribution in [0.4, 0.5) is 0 Å². The summed E-state index contributed by atoms with van der Waals surface area (Å²) >= 11 is 0. The molecule has 1 heterocycles. The number of ether oxygens (including phenoxy) is 1. The number of hydrogen-bond acceptors (Lipinski definition) is 4. The van der Waals surface area contributed by atoms with Crippen LogP contribution in [-0.2, 0) is 4.74 Å². The molecule has 3 N–H and O–H groups in total. The van der Waals surface area contributed by atoms with Crippen molar-refractivity contribution in [2.24, 2.45) is 0 Å². The first kappa shape index (κ1) is 18.3. The second-order valence-electron chi connectivity index (χ2n) is 8.33. The summed E-state index contributed by atoms with van der Waals surface area (Å²) in [4.78, 5) is 12.7. The molecule has 0 aliphatic heterocycles. The van der Waals surface area contributed by atoms with Gasteiger partial charge in [-0.25, -0.2) is 0 Å². The van der Waals surface area contributed by atoms with Gasteiger partial charge in [-0.05, 0) is 43.5 Å². The first-order valence-corrected chi connectivity index (χ1v) is 10.4. The maximum atomic E-state index is 12.7. The van der Waals surface area contributed by atoms with E-state index in [4.69, 9.17) is 4.74 Å². The number of benzene rings is 1. The number of aromatic nitrogens is 1. The van der Waals surface area contributed by atoms with Gasteiger partial charge in [-0.3, -0.25) is 9.36 Å². The predicted molar refractivity (Wildman–Crippen MR) is 109 cm³/mol. The topological polar surface area (TPSA) is 83.7 Å². The van der Waals surface area contributed by atoms with Gasteiger partial charge in [0, 0.05) is 35.6 Å². The Labute approximate surface area is 169 Å². The maximum Gasteiger partial charge on any atom is 0.251 e. The molecule has 1 aromatic carbocycles. The molecule has 3 aliphatic carbocycles. The minimum Gasteiger partial charge on any atom is -0.494 e. The molecule has 0 saturated heterocycles. The highest BCUT2D eigenvalue weighted by atomic mass is 16.5. The molecule has 6 nitrogen and oxygen atoms in total. The molecule has 152 valence electrons. The molecule has 4 atom stereocenters. The van der Waals surface area contributed by atoms with E-state index in [1.165, 1.54) is 4.57 Å². The standard InChI is InChI=1S/C23H26N2O4/c1-29-18-5-3-2-4-17(18)24-21(26)13-8-10-16(11-9-13)25-22(27)19-14-6-7-15(12-14)20(19)23(25)28/h6-11,14-15,17-18,27-28H,2-5,12H2,1H3,(H,24,26)/t14-,15+,17-,18-/m0/s1. The van der Waals surface area contributed by atoms with Gasteiger partial charge < -0.3 is 20.3 Å². The normalized spacial score (nSPS) is 27.2. The number of carbonyl (C=O) groups is 1. The Morgan fingerprint density at radius 1 is 1.03 bits per heavy atom. The van der Waals surface area contributed by atoms with Crippen molar-refractivity contribution >= 4 is 5.91 Å². The molecule has 2 aromatic rings. The predicted octanol–water partition coefficient (Wildman–Crippen LogP) is 3.72. The third-order valence-corrected chi connectivity index (χ3v) is 6.73. The van der Waals surface area contributed by atoms with E-state index in [1.54, 1.807) is 31.4 Å². The fourth-order valence-electron chi connectivity index (χ4n) is 5.24. The quantitative estimate of drug-likeness (QED) is 0.690. The summed E-state index contributed by atoms with van der Waals surface area (Å²) in [6, 6.07) is 7.00. The molecule has 0 unspecified atom stereocenters. The van der Waals surface area contributed by atoms with Crippen molar-refractivity contribution in [1.82, 2.24) is 9.88 Å². The Bertz CT molecular complexity index is 940. The zero-order valence-corrected chi connectivity index (χ0v) is 16.5. The van der Waals surface area contributed by atoms with Gasteiger partial charge in [0.1, 0.15) is 0 Å². The number of rotatable bonds is 4. The lowest BCUT2D eigenvalue weighted by Gasteiger charge is -2.31. The Balaban J connectivity index is 1.37. The van der Waals surface area contributed by atoms with Crippen LogP contribution in [0.3, 0.4) is 0 Å². The zero-order valence-electron chi connectivity index (χ0n) is 16.5. The third-order valence-electron chi connectivity index (χ3n) is 6.73. The summed E-state index contributed by atoms with van der Waals surface area (Å²) in [6.45, 7) is 0. The van der Waals surface area contributed by atoms with Crippen LogP contribution in [-0.4, -0.2) is 39.9 Å². The lowest BCUT2D eigenvalue weighted by atomic mass is 9.92. The maximum absolute atomic E-state index is 12.7. The lowest BCUT2D eigenvalue weighted by molar-refractivity contribution is 0.0392. The molecule has 0 radical (unpaired) electrons. The average Bonchev–Trinajstić information content (AvgIpc) is 3.42. The number of amides is 1. The van der Waals surface area contributed by atoms with Gasteiger partial charge in [-0.1, -0.05) is 25.0 Å². The Kier molecular flexibility index (Phi) is 4.39. The van der Waals surface area contributed by atoms with Crippen molar-refractivity contribution in [2.75, 3.05) is 7.11 Å².